The Balaban J connectivity index is 1.96. The van der Waals surface area contributed by atoms with Gasteiger partial charge in [0, 0.05) is 25.7 Å². The minimum Gasteiger partial charge on any atom is -0.356 e. The summed E-state index contributed by atoms with van der Waals surface area (Å²) in [6.07, 6.45) is 4.55. The molecule has 1 aliphatic rings. The summed E-state index contributed by atoms with van der Waals surface area (Å²) < 4.78 is 0. The molecule has 0 aromatic carbocycles. The van der Waals surface area contributed by atoms with Gasteiger partial charge in [-0.25, -0.2) is 9.97 Å². The number of amides is 2. The van der Waals surface area contributed by atoms with Crippen LogP contribution in [-0.2, 0) is 9.59 Å². The maximum atomic E-state index is 12.2. The van der Waals surface area contributed by atoms with Gasteiger partial charge in [0.25, 0.3) is 0 Å². The highest BCUT2D eigenvalue weighted by Gasteiger charge is 2.22. The molecular weight excluding hydrogens is 386 g/mol. The van der Waals surface area contributed by atoms with Crippen molar-refractivity contribution in [1.82, 2.24) is 20.6 Å². The SMILES string of the molecule is CCCN(CCC)c1cc(Cl)nc(SCC(=O)NC2CCCCNC2=O)n1. The molecule has 1 saturated heterocycles. The molecule has 150 valence electrons. The standard InChI is InChI=1S/C18H28ClN5O2S/c1-3-9-24(10-4-2)15-11-14(19)22-18(23-15)27-12-16(25)21-13-7-5-6-8-20-17(13)26/h11,13H,3-10,12H2,1-2H3,(H,20,26)(H,21,25). The summed E-state index contributed by atoms with van der Waals surface area (Å²) in [5.41, 5.74) is 0. The molecule has 2 amide bonds. The Kier molecular flexibility index (Phi) is 9.14. The van der Waals surface area contributed by atoms with Gasteiger partial charge in [-0.2, -0.15) is 0 Å². The minimum atomic E-state index is -0.457. The first-order chi connectivity index (χ1) is 13.0. The largest absolute Gasteiger partial charge is 0.356 e. The van der Waals surface area contributed by atoms with Gasteiger partial charge in [0.1, 0.15) is 17.0 Å². The van der Waals surface area contributed by atoms with Gasteiger partial charge in [0.15, 0.2) is 5.16 Å². The third-order valence-electron chi connectivity index (χ3n) is 4.17. The van der Waals surface area contributed by atoms with E-state index in [4.69, 9.17) is 11.6 Å². The molecule has 2 N–H and O–H groups in total. The Morgan fingerprint density at radius 3 is 2.78 bits per heavy atom. The van der Waals surface area contributed by atoms with Crippen molar-refractivity contribution in [2.45, 2.75) is 57.1 Å². The second-order valence-electron chi connectivity index (χ2n) is 6.51. The zero-order valence-corrected chi connectivity index (χ0v) is 17.5. The average molecular weight is 414 g/mol. The van der Waals surface area contributed by atoms with Crippen LogP contribution in [0.2, 0.25) is 5.15 Å². The van der Waals surface area contributed by atoms with E-state index in [2.05, 4.69) is 39.3 Å². The number of carbonyl (C=O) groups is 2. The number of anilines is 1. The number of nitrogens with one attached hydrogen (secondary N) is 2. The van der Waals surface area contributed by atoms with Gasteiger partial charge >= 0.3 is 0 Å². The highest BCUT2D eigenvalue weighted by atomic mass is 35.5. The second-order valence-corrected chi connectivity index (χ2v) is 7.84. The van der Waals surface area contributed by atoms with Gasteiger partial charge < -0.3 is 15.5 Å². The van der Waals surface area contributed by atoms with Crippen molar-refractivity contribution in [3.63, 3.8) is 0 Å². The van der Waals surface area contributed by atoms with Crippen LogP contribution in [0, 0.1) is 0 Å². The van der Waals surface area contributed by atoms with Gasteiger partial charge in [-0.1, -0.05) is 37.2 Å². The molecule has 0 saturated carbocycles. The fourth-order valence-electron chi connectivity index (χ4n) is 2.94. The van der Waals surface area contributed by atoms with Crippen LogP contribution < -0.4 is 15.5 Å². The summed E-state index contributed by atoms with van der Waals surface area (Å²) >= 11 is 7.39. The number of carbonyl (C=O) groups excluding carboxylic acids is 2. The predicted molar refractivity (Wildman–Crippen MR) is 109 cm³/mol. The van der Waals surface area contributed by atoms with E-state index in [1.54, 1.807) is 6.07 Å². The van der Waals surface area contributed by atoms with Crippen LogP contribution in [0.25, 0.3) is 0 Å². The van der Waals surface area contributed by atoms with Crippen molar-refractivity contribution in [2.75, 3.05) is 30.3 Å². The van der Waals surface area contributed by atoms with Crippen LogP contribution >= 0.6 is 23.4 Å². The monoisotopic (exact) mass is 413 g/mol. The zero-order chi connectivity index (χ0) is 19.6. The van der Waals surface area contributed by atoms with E-state index < -0.39 is 6.04 Å². The molecule has 1 atom stereocenters. The molecule has 0 bridgehead atoms. The van der Waals surface area contributed by atoms with Crippen molar-refractivity contribution in [2.24, 2.45) is 0 Å². The van der Waals surface area contributed by atoms with Crippen LogP contribution in [0.15, 0.2) is 11.2 Å². The van der Waals surface area contributed by atoms with E-state index in [0.717, 1.165) is 44.6 Å². The molecule has 9 heteroatoms. The lowest BCUT2D eigenvalue weighted by molar-refractivity contribution is -0.127. The van der Waals surface area contributed by atoms with Gasteiger partial charge in [0.05, 0.1) is 5.75 Å². The van der Waals surface area contributed by atoms with Gasteiger partial charge in [-0.15, -0.1) is 0 Å². The van der Waals surface area contributed by atoms with Crippen molar-refractivity contribution >= 4 is 41.0 Å². The van der Waals surface area contributed by atoms with Crippen molar-refractivity contribution in [3.8, 4) is 0 Å². The highest BCUT2D eigenvalue weighted by molar-refractivity contribution is 7.99. The number of thioether (sulfide) groups is 1. The third-order valence-corrected chi connectivity index (χ3v) is 5.22. The number of hydrogen-bond acceptors (Lipinski definition) is 6. The lowest BCUT2D eigenvalue weighted by Crippen LogP contribution is -2.46. The van der Waals surface area contributed by atoms with Crippen LogP contribution in [0.5, 0.6) is 0 Å². The van der Waals surface area contributed by atoms with Gasteiger partial charge in [-0.05, 0) is 32.1 Å². The number of rotatable bonds is 9. The fraction of sp³-hybridized carbons (Fsp3) is 0.667. The minimum absolute atomic E-state index is 0.109. The molecule has 1 unspecified atom stereocenters. The number of aromatic nitrogens is 2. The molecule has 0 spiro atoms. The predicted octanol–water partition coefficient (Wildman–Crippen LogP) is 2.63. The molecule has 27 heavy (non-hydrogen) atoms. The second kappa shape index (κ2) is 11.3. The van der Waals surface area contributed by atoms with Crippen molar-refractivity contribution < 1.29 is 9.59 Å². The first-order valence-electron chi connectivity index (χ1n) is 9.52. The van der Waals surface area contributed by atoms with Crippen molar-refractivity contribution in [1.29, 1.82) is 0 Å². The summed E-state index contributed by atoms with van der Waals surface area (Å²) in [6, 6.07) is 1.30. The summed E-state index contributed by atoms with van der Waals surface area (Å²) in [6.45, 7) is 6.69. The Bertz CT molecular complexity index is 640. The first-order valence-corrected chi connectivity index (χ1v) is 10.9. The molecule has 1 fully saturated rings. The molecule has 0 aliphatic carbocycles. The maximum Gasteiger partial charge on any atom is 0.242 e. The number of hydrogen-bond donors (Lipinski definition) is 2. The number of halogens is 1. The lowest BCUT2D eigenvalue weighted by atomic mass is 10.1. The molecular formula is C18H28ClN5O2S. The summed E-state index contributed by atoms with van der Waals surface area (Å²) in [5, 5.41) is 6.45. The number of nitrogens with zero attached hydrogens (tertiary/aromatic N) is 3. The van der Waals surface area contributed by atoms with Gasteiger partial charge in [-0.3, -0.25) is 9.59 Å². The fourth-order valence-corrected chi connectivity index (χ4v) is 3.83. The van der Waals surface area contributed by atoms with E-state index in [1.807, 2.05) is 0 Å². The smallest absolute Gasteiger partial charge is 0.242 e. The summed E-state index contributed by atoms with van der Waals surface area (Å²) in [5.74, 6) is 0.614. The van der Waals surface area contributed by atoms with E-state index in [1.165, 1.54) is 11.8 Å². The topological polar surface area (TPSA) is 87.2 Å². The lowest BCUT2D eigenvalue weighted by Gasteiger charge is -2.22. The maximum absolute atomic E-state index is 12.2. The molecule has 2 rings (SSSR count). The van der Waals surface area contributed by atoms with Crippen LogP contribution in [-0.4, -0.2) is 53.2 Å². The van der Waals surface area contributed by atoms with E-state index in [-0.39, 0.29) is 17.6 Å². The van der Waals surface area contributed by atoms with E-state index in [9.17, 15) is 9.59 Å². The van der Waals surface area contributed by atoms with Crippen LogP contribution in [0.1, 0.15) is 46.0 Å². The Morgan fingerprint density at radius 1 is 1.33 bits per heavy atom. The average Bonchev–Trinajstić information content (AvgIpc) is 2.84. The Labute approximate surface area is 170 Å². The molecule has 2 heterocycles. The van der Waals surface area contributed by atoms with Crippen LogP contribution in [0.4, 0.5) is 5.82 Å². The Hall–Kier alpha value is -1.54. The summed E-state index contributed by atoms with van der Waals surface area (Å²) in [4.78, 5) is 35.1. The van der Waals surface area contributed by atoms with Crippen LogP contribution in [0.3, 0.4) is 0 Å². The van der Waals surface area contributed by atoms with E-state index >= 15 is 0 Å². The van der Waals surface area contributed by atoms with Crippen molar-refractivity contribution in [3.05, 3.63) is 11.2 Å². The summed E-state index contributed by atoms with van der Waals surface area (Å²) in [7, 11) is 0. The molecule has 1 aromatic heterocycles. The van der Waals surface area contributed by atoms with E-state index in [0.29, 0.717) is 23.3 Å². The molecule has 7 nitrogen and oxygen atoms in total. The van der Waals surface area contributed by atoms with Gasteiger partial charge in [0.2, 0.25) is 11.8 Å². The third kappa shape index (κ3) is 7.18. The molecule has 1 aromatic rings. The first kappa shape index (κ1) is 21.8. The molecule has 0 radical (unpaired) electrons. The normalized spacial score (nSPS) is 17.1. The quantitative estimate of drug-likeness (QED) is 0.367. The zero-order valence-electron chi connectivity index (χ0n) is 16.0. The Morgan fingerprint density at radius 2 is 2.07 bits per heavy atom. The highest BCUT2D eigenvalue weighted by Crippen LogP contribution is 2.22. The molecule has 1 aliphatic heterocycles.